The summed E-state index contributed by atoms with van der Waals surface area (Å²) in [4.78, 5) is 10.9. The van der Waals surface area contributed by atoms with E-state index in [0.29, 0.717) is 0 Å². The van der Waals surface area contributed by atoms with E-state index in [4.69, 9.17) is 10.00 Å². The number of sulfonamides is 1. The molecule has 0 aliphatic rings. The van der Waals surface area contributed by atoms with Crippen LogP contribution in [0.2, 0.25) is 0 Å². The molecule has 0 radical (unpaired) electrons. The number of rotatable bonds is 9. The normalized spacial score (nSPS) is 11.2. The second-order valence-corrected chi connectivity index (χ2v) is 5.53. The van der Waals surface area contributed by atoms with Crippen molar-refractivity contribution in [2.24, 2.45) is 0 Å². The predicted molar refractivity (Wildman–Crippen MR) is 64.1 cm³/mol. The molecule has 18 heavy (non-hydrogen) atoms. The van der Waals surface area contributed by atoms with Crippen molar-refractivity contribution in [2.45, 2.75) is 12.8 Å². The van der Waals surface area contributed by atoms with Crippen molar-refractivity contribution in [3.63, 3.8) is 0 Å². The Morgan fingerprint density at radius 1 is 1.33 bits per heavy atom. The maximum atomic E-state index is 11.9. The summed E-state index contributed by atoms with van der Waals surface area (Å²) in [6, 6.07) is 1.88. The molecule has 0 saturated heterocycles. The molecule has 0 fully saturated rings. The van der Waals surface area contributed by atoms with Gasteiger partial charge in [-0.15, -0.1) is 0 Å². The van der Waals surface area contributed by atoms with E-state index in [0.717, 1.165) is 4.31 Å². The molecular weight excluding hydrogens is 260 g/mol. The zero-order valence-electron chi connectivity index (χ0n) is 10.6. The molecule has 0 aromatic carbocycles. The Hall–Kier alpha value is -1.17. The number of hydrogen-bond donors (Lipinski definition) is 0. The summed E-state index contributed by atoms with van der Waals surface area (Å²) in [7, 11) is -0.907. The van der Waals surface area contributed by atoms with Crippen LogP contribution in [-0.2, 0) is 24.3 Å². The van der Waals surface area contributed by atoms with Crippen LogP contribution in [0.25, 0.3) is 0 Å². The van der Waals surface area contributed by atoms with Crippen LogP contribution in [0.15, 0.2) is 0 Å². The topological polar surface area (TPSA) is 96.7 Å². The highest BCUT2D eigenvalue weighted by Crippen LogP contribution is 2.05. The first-order chi connectivity index (χ1) is 8.47. The second kappa shape index (κ2) is 8.85. The number of nitriles is 1. The van der Waals surface area contributed by atoms with Gasteiger partial charge in [0.15, 0.2) is 0 Å². The Morgan fingerprint density at radius 2 is 2.00 bits per heavy atom. The molecule has 0 spiro atoms. The van der Waals surface area contributed by atoms with E-state index in [-0.39, 0.29) is 38.3 Å². The number of nitrogens with zero attached hydrogens (tertiary/aromatic N) is 2. The summed E-state index contributed by atoms with van der Waals surface area (Å²) in [5.41, 5.74) is 0. The first-order valence-electron chi connectivity index (χ1n) is 5.38. The Kier molecular flexibility index (Phi) is 8.28. The van der Waals surface area contributed by atoms with Crippen LogP contribution in [0.1, 0.15) is 12.8 Å². The van der Waals surface area contributed by atoms with Crippen LogP contribution >= 0.6 is 0 Å². The van der Waals surface area contributed by atoms with Gasteiger partial charge in [-0.25, -0.2) is 8.42 Å². The molecule has 0 aliphatic heterocycles. The Bertz CT molecular complexity index is 388. The van der Waals surface area contributed by atoms with Crippen LogP contribution in [0.5, 0.6) is 0 Å². The number of hydrogen-bond acceptors (Lipinski definition) is 6. The molecule has 0 aromatic rings. The maximum Gasteiger partial charge on any atom is 0.306 e. The van der Waals surface area contributed by atoms with Crippen molar-refractivity contribution < 1.29 is 22.7 Å². The second-order valence-electron chi connectivity index (χ2n) is 3.44. The van der Waals surface area contributed by atoms with Gasteiger partial charge in [-0.05, 0) is 0 Å². The van der Waals surface area contributed by atoms with Gasteiger partial charge in [-0.1, -0.05) is 0 Å². The van der Waals surface area contributed by atoms with Crippen molar-refractivity contribution in [1.29, 1.82) is 5.26 Å². The van der Waals surface area contributed by atoms with Crippen LogP contribution in [0, 0.1) is 11.3 Å². The number of esters is 1. The average Bonchev–Trinajstić information content (AvgIpc) is 2.35. The Morgan fingerprint density at radius 3 is 2.50 bits per heavy atom. The van der Waals surface area contributed by atoms with E-state index >= 15 is 0 Å². The Balaban J connectivity index is 4.53. The van der Waals surface area contributed by atoms with Gasteiger partial charge in [0.05, 0.1) is 32.0 Å². The summed E-state index contributed by atoms with van der Waals surface area (Å²) in [6.45, 7) is 0.508. The molecule has 0 rings (SSSR count). The molecule has 0 N–H and O–H groups in total. The van der Waals surface area contributed by atoms with Crippen molar-refractivity contribution in [3.8, 4) is 6.07 Å². The van der Waals surface area contributed by atoms with Crippen LogP contribution in [-0.4, -0.2) is 58.4 Å². The lowest BCUT2D eigenvalue weighted by atomic mass is 10.4. The SMILES string of the molecule is COCCN(CCC#N)S(=O)(=O)CCC(=O)OC. The van der Waals surface area contributed by atoms with E-state index in [2.05, 4.69) is 4.74 Å². The quantitative estimate of drug-likeness (QED) is 0.539. The minimum atomic E-state index is -3.57. The molecular formula is C10H18N2O5S. The van der Waals surface area contributed by atoms with Gasteiger partial charge in [0.25, 0.3) is 0 Å². The summed E-state index contributed by atoms with van der Waals surface area (Å²) < 4.78 is 34.2. The standard InChI is InChI=1S/C10H18N2O5S/c1-16-8-7-12(6-3-5-11)18(14,15)9-4-10(13)17-2/h3-4,6-9H2,1-2H3. The van der Waals surface area contributed by atoms with Crippen molar-refractivity contribution in [2.75, 3.05) is 39.7 Å². The lowest BCUT2D eigenvalue weighted by Crippen LogP contribution is -2.36. The van der Waals surface area contributed by atoms with Gasteiger partial charge >= 0.3 is 5.97 Å². The first kappa shape index (κ1) is 16.8. The minimum absolute atomic E-state index is 0.0984. The van der Waals surface area contributed by atoms with Gasteiger partial charge in [-0.2, -0.15) is 9.57 Å². The molecule has 0 amide bonds. The van der Waals surface area contributed by atoms with Crippen LogP contribution < -0.4 is 0 Å². The fourth-order valence-corrected chi connectivity index (χ4v) is 2.61. The van der Waals surface area contributed by atoms with E-state index < -0.39 is 16.0 Å². The first-order valence-corrected chi connectivity index (χ1v) is 6.99. The van der Waals surface area contributed by atoms with E-state index in [1.54, 1.807) is 0 Å². The minimum Gasteiger partial charge on any atom is -0.469 e. The fourth-order valence-electron chi connectivity index (χ4n) is 1.20. The van der Waals surface area contributed by atoms with Crippen molar-refractivity contribution in [3.05, 3.63) is 0 Å². The van der Waals surface area contributed by atoms with Crippen molar-refractivity contribution in [1.82, 2.24) is 4.31 Å². The maximum absolute atomic E-state index is 11.9. The third kappa shape index (κ3) is 6.54. The molecule has 8 heteroatoms. The van der Waals surface area contributed by atoms with Gasteiger partial charge < -0.3 is 9.47 Å². The van der Waals surface area contributed by atoms with E-state index in [1.165, 1.54) is 14.2 Å². The van der Waals surface area contributed by atoms with Gasteiger partial charge in [0.2, 0.25) is 10.0 Å². The third-order valence-electron chi connectivity index (χ3n) is 2.20. The summed E-state index contributed by atoms with van der Waals surface area (Å²) >= 11 is 0. The molecule has 0 aliphatic carbocycles. The smallest absolute Gasteiger partial charge is 0.306 e. The number of ether oxygens (including phenoxy) is 2. The van der Waals surface area contributed by atoms with E-state index in [1.807, 2.05) is 6.07 Å². The third-order valence-corrected chi connectivity index (χ3v) is 4.07. The molecule has 104 valence electrons. The number of carbonyl (C=O) groups is 1. The largest absolute Gasteiger partial charge is 0.469 e. The number of carbonyl (C=O) groups excluding carboxylic acids is 1. The monoisotopic (exact) mass is 278 g/mol. The molecule has 0 heterocycles. The highest BCUT2D eigenvalue weighted by molar-refractivity contribution is 7.89. The highest BCUT2D eigenvalue weighted by atomic mass is 32.2. The summed E-state index contributed by atoms with van der Waals surface area (Å²) in [5.74, 6) is -0.903. The fraction of sp³-hybridized carbons (Fsp3) is 0.800. The van der Waals surface area contributed by atoms with Crippen LogP contribution in [0.3, 0.4) is 0 Å². The lowest BCUT2D eigenvalue weighted by Gasteiger charge is -2.20. The summed E-state index contributed by atoms with van der Waals surface area (Å²) in [6.07, 6.45) is -0.101. The average molecular weight is 278 g/mol. The van der Waals surface area contributed by atoms with Gasteiger partial charge in [-0.3, -0.25) is 4.79 Å². The predicted octanol–water partition coefficient (Wildman–Crippen LogP) is -0.259. The molecule has 0 aromatic heterocycles. The molecule has 0 saturated carbocycles. The number of methoxy groups -OCH3 is 2. The van der Waals surface area contributed by atoms with Gasteiger partial charge in [0.1, 0.15) is 0 Å². The van der Waals surface area contributed by atoms with Gasteiger partial charge in [0, 0.05) is 26.6 Å². The highest BCUT2D eigenvalue weighted by Gasteiger charge is 2.22. The Labute approximate surface area is 107 Å². The van der Waals surface area contributed by atoms with Crippen molar-refractivity contribution >= 4 is 16.0 Å². The summed E-state index contributed by atoms with van der Waals surface area (Å²) in [5, 5.41) is 8.49. The van der Waals surface area contributed by atoms with Crippen LogP contribution in [0.4, 0.5) is 0 Å². The lowest BCUT2D eigenvalue weighted by molar-refractivity contribution is -0.140. The zero-order valence-corrected chi connectivity index (χ0v) is 11.4. The molecule has 7 nitrogen and oxygen atoms in total. The molecule has 0 unspecified atom stereocenters. The van der Waals surface area contributed by atoms with E-state index in [9.17, 15) is 13.2 Å². The molecule has 0 bridgehead atoms. The molecule has 0 atom stereocenters. The zero-order chi connectivity index (χ0) is 14.0.